The summed E-state index contributed by atoms with van der Waals surface area (Å²) in [6.45, 7) is 7.99. The lowest BCUT2D eigenvalue weighted by molar-refractivity contribution is 0.156. The van der Waals surface area contributed by atoms with Gasteiger partial charge in [0.05, 0.1) is 6.61 Å². The molecule has 0 saturated heterocycles. The Morgan fingerprint density at radius 1 is 1.33 bits per heavy atom. The van der Waals surface area contributed by atoms with E-state index < -0.39 is 0 Å². The first-order valence-electron chi connectivity index (χ1n) is 6.25. The third kappa shape index (κ3) is 4.55. The second-order valence-electron chi connectivity index (χ2n) is 5.16. The normalized spacial score (nSPS) is 11.6. The molecule has 4 nitrogen and oxygen atoms in total. The molecule has 0 radical (unpaired) electrons. The third-order valence-corrected chi connectivity index (χ3v) is 2.68. The zero-order valence-corrected chi connectivity index (χ0v) is 11.4. The van der Waals surface area contributed by atoms with Crippen LogP contribution in [0.25, 0.3) is 0 Å². The number of aliphatic hydroxyl groups excluding tert-OH is 1. The Balaban J connectivity index is 2.55. The van der Waals surface area contributed by atoms with Crippen LogP contribution in [0.2, 0.25) is 0 Å². The van der Waals surface area contributed by atoms with Gasteiger partial charge in [0.1, 0.15) is 0 Å². The summed E-state index contributed by atoms with van der Waals surface area (Å²) in [6, 6.07) is 5.33. The number of hydrogen-bond acceptors (Lipinski definition) is 4. The van der Waals surface area contributed by atoms with Crippen LogP contribution in [0.5, 0.6) is 11.5 Å². The fraction of sp³-hybridized carbons (Fsp3) is 0.571. The van der Waals surface area contributed by atoms with E-state index in [4.69, 9.17) is 9.84 Å². The highest BCUT2D eigenvalue weighted by Crippen LogP contribution is 2.26. The van der Waals surface area contributed by atoms with E-state index in [0.717, 1.165) is 12.1 Å². The predicted octanol–water partition coefficient (Wildman–Crippen LogP) is 1.90. The summed E-state index contributed by atoms with van der Waals surface area (Å²) in [4.78, 5) is 0. The molecule has 0 amide bonds. The van der Waals surface area contributed by atoms with E-state index in [-0.39, 0.29) is 17.8 Å². The van der Waals surface area contributed by atoms with E-state index >= 15 is 0 Å². The SMILES string of the molecule is CCOc1cc(CNCC(C)(C)CO)ccc1O. The molecule has 3 N–H and O–H groups in total. The average Bonchev–Trinajstić information content (AvgIpc) is 2.33. The Bertz CT molecular complexity index is 377. The largest absolute Gasteiger partial charge is 0.504 e. The lowest BCUT2D eigenvalue weighted by Gasteiger charge is -2.22. The van der Waals surface area contributed by atoms with Crippen molar-refractivity contribution in [2.45, 2.75) is 27.3 Å². The zero-order valence-electron chi connectivity index (χ0n) is 11.4. The van der Waals surface area contributed by atoms with Gasteiger partial charge in [-0.25, -0.2) is 0 Å². The smallest absolute Gasteiger partial charge is 0.161 e. The number of phenols is 1. The molecule has 1 aromatic rings. The van der Waals surface area contributed by atoms with Crippen molar-refractivity contribution in [1.82, 2.24) is 5.32 Å². The van der Waals surface area contributed by atoms with Crippen LogP contribution >= 0.6 is 0 Å². The van der Waals surface area contributed by atoms with Crippen molar-refractivity contribution in [3.63, 3.8) is 0 Å². The van der Waals surface area contributed by atoms with Gasteiger partial charge in [0.25, 0.3) is 0 Å². The van der Waals surface area contributed by atoms with E-state index in [0.29, 0.717) is 18.9 Å². The minimum atomic E-state index is -0.125. The predicted molar refractivity (Wildman–Crippen MR) is 71.8 cm³/mol. The molecule has 0 spiro atoms. The average molecular weight is 253 g/mol. The number of aliphatic hydroxyl groups is 1. The minimum Gasteiger partial charge on any atom is -0.504 e. The Morgan fingerprint density at radius 2 is 2.06 bits per heavy atom. The number of benzene rings is 1. The topological polar surface area (TPSA) is 61.7 Å². The molecule has 0 aromatic heterocycles. The fourth-order valence-electron chi connectivity index (χ4n) is 1.54. The van der Waals surface area contributed by atoms with Crippen LogP contribution in [-0.4, -0.2) is 30.0 Å². The summed E-state index contributed by atoms with van der Waals surface area (Å²) >= 11 is 0. The van der Waals surface area contributed by atoms with Crippen molar-refractivity contribution in [2.75, 3.05) is 19.8 Å². The highest BCUT2D eigenvalue weighted by molar-refractivity contribution is 5.41. The molecule has 1 aromatic carbocycles. The maximum Gasteiger partial charge on any atom is 0.161 e. The van der Waals surface area contributed by atoms with Crippen molar-refractivity contribution in [2.24, 2.45) is 5.41 Å². The molecule has 0 unspecified atom stereocenters. The summed E-state index contributed by atoms with van der Waals surface area (Å²) in [5, 5.41) is 22.0. The first-order valence-corrected chi connectivity index (χ1v) is 6.25. The van der Waals surface area contributed by atoms with Gasteiger partial charge in [0, 0.05) is 25.1 Å². The van der Waals surface area contributed by atoms with Crippen molar-refractivity contribution in [3.05, 3.63) is 23.8 Å². The van der Waals surface area contributed by atoms with E-state index in [2.05, 4.69) is 5.32 Å². The molecule has 102 valence electrons. The number of phenolic OH excluding ortho intramolecular Hbond substituents is 1. The zero-order chi connectivity index (χ0) is 13.6. The highest BCUT2D eigenvalue weighted by Gasteiger charge is 2.15. The maximum atomic E-state index is 9.58. The van der Waals surface area contributed by atoms with Crippen LogP contribution in [0.15, 0.2) is 18.2 Å². The van der Waals surface area contributed by atoms with Gasteiger partial charge >= 0.3 is 0 Å². The highest BCUT2D eigenvalue weighted by atomic mass is 16.5. The summed E-state index contributed by atoms with van der Waals surface area (Å²) in [7, 11) is 0. The number of rotatable bonds is 7. The van der Waals surface area contributed by atoms with Crippen LogP contribution in [0.3, 0.4) is 0 Å². The van der Waals surface area contributed by atoms with Crippen LogP contribution in [-0.2, 0) is 6.54 Å². The van der Waals surface area contributed by atoms with Crippen molar-refractivity contribution >= 4 is 0 Å². The molecule has 0 aliphatic rings. The maximum absolute atomic E-state index is 9.58. The number of hydrogen-bond donors (Lipinski definition) is 3. The first-order chi connectivity index (χ1) is 8.48. The fourth-order valence-corrected chi connectivity index (χ4v) is 1.54. The molecular weight excluding hydrogens is 230 g/mol. The Labute approximate surface area is 109 Å². The molecular formula is C14H23NO3. The van der Waals surface area contributed by atoms with Gasteiger partial charge in [0.15, 0.2) is 11.5 Å². The Hall–Kier alpha value is -1.26. The van der Waals surface area contributed by atoms with E-state index in [9.17, 15) is 5.11 Å². The lowest BCUT2D eigenvalue weighted by atomic mass is 9.95. The second kappa shape index (κ2) is 6.61. The van der Waals surface area contributed by atoms with Crippen LogP contribution in [0, 0.1) is 5.41 Å². The van der Waals surface area contributed by atoms with Gasteiger partial charge in [-0.15, -0.1) is 0 Å². The molecule has 0 fully saturated rings. The Morgan fingerprint density at radius 3 is 2.67 bits per heavy atom. The van der Waals surface area contributed by atoms with Gasteiger partial charge in [-0.3, -0.25) is 0 Å². The van der Waals surface area contributed by atoms with Gasteiger partial charge in [-0.05, 0) is 24.6 Å². The molecule has 1 rings (SSSR count). The summed E-state index contributed by atoms with van der Waals surface area (Å²) in [6.07, 6.45) is 0. The molecule has 4 heteroatoms. The van der Waals surface area contributed by atoms with Crippen LogP contribution in [0.4, 0.5) is 0 Å². The lowest BCUT2D eigenvalue weighted by Crippen LogP contribution is -2.31. The summed E-state index contributed by atoms with van der Waals surface area (Å²) in [5.41, 5.74) is 0.921. The van der Waals surface area contributed by atoms with Crippen molar-refractivity contribution < 1.29 is 14.9 Å². The van der Waals surface area contributed by atoms with Crippen LogP contribution < -0.4 is 10.1 Å². The van der Waals surface area contributed by atoms with E-state index in [1.807, 2.05) is 32.9 Å². The molecule has 0 heterocycles. The second-order valence-corrected chi connectivity index (χ2v) is 5.16. The van der Waals surface area contributed by atoms with Gasteiger partial charge in [-0.1, -0.05) is 19.9 Å². The van der Waals surface area contributed by atoms with Gasteiger partial charge in [0.2, 0.25) is 0 Å². The Kier molecular flexibility index (Phi) is 5.44. The summed E-state index contributed by atoms with van der Waals surface area (Å²) < 4.78 is 5.33. The molecule has 0 aliphatic carbocycles. The third-order valence-electron chi connectivity index (χ3n) is 2.68. The van der Waals surface area contributed by atoms with Gasteiger partial charge in [-0.2, -0.15) is 0 Å². The van der Waals surface area contributed by atoms with Gasteiger partial charge < -0.3 is 20.3 Å². The molecule has 0 aliphatic heterocycles. The number of ether oxygens (including phenoxy) is 1. The van der Waals surface area contributed by atoms with E-state index in [1.54, 1.807) is 6.07 Å². The monoisotopic (exact) mass is 253 g/mol. The van der Waals surface area contributed by atoms with E-state index in [1.165, 1.54) is 0 Å². The first kappa shape index (κ1) is 14.8. The number of nitrogens with one attached hydrogen (secondary N) is 1. The quantitative estimate of drug-likeness (QED) is 0.694. The number of aromatic hydroxyl groups is 1. The molecule has 0 bridgehead atoms. The molecule has 0 saturated carbocycles. The molecule has 18 heavy (non-hydrogen) atoms. The minimum absolute atomic E-state index is 0.125. The van der Waals surface area contributed by atoms with Crippen molar-refractivity contribution in [1.29, 1.82) is 0 Å². The van der Waals surface area contributed by atoms with Crippen molar-refractivity contribution in [3.8, 4) is 11.5 Å². The van der Waals surface area contributed by atoms with Crippen LogP contribution in [0.1, 0.15) is 26.3 Å². The summed E-state index contributed by atoms with van der Waals surface area (Å²) in [5.74, 6) is 0.675. The standard InChI is InChI=1S/C14H23NO3/c1-4-18-13-7-11(5-6-12(13)17)8-15-9-14(2,3)10-16/h5-7,15-17H,4,8-10H2,1-3H3. The molecule has 0 atom stereocenters.